The Morgan fingerprint density at radius 1 is 1.53 bits per heavy atom. The number of aliphatic hydroxyl groups is 1. The molecule has 0 bridgehead atoms. The van der Waals surface area contributed by atoms with Gasteiger partial charge in [-0.3, -0.25) is 10.1 Å². The molecule has 0 fully saturated rings. The van der Waals surface area contributed by atoms with Gasteiger partial charge in [0.2, 0.25) is 5.82 Å². The van der Waals surface area contributed by atoms with Crippen molar-refractivity contribution in [1.82, 2.24) is 0 Å². The second-order valence-corrected chi connectivity index (χ2v) is 4.44. The Morgan fingerprint density at radius 3 is 2.53 bits per heavy atom. The van der Waals surface area contributed by atoms with Gasteiger partial charge in [0, 0.05) is 17.8 Å². The molecule has 17 heavy (non-hydrogen) atoms. The molecule has 1 unspecified atom stereocenters. The molecule has 6 heteroatoms. The average molecular weight is 242 g/mol. The second-order valence-electron chi connectivity index (χ2n) is 4.44. The number of nitro groups is 1. The highest BCUT2D eigenvalue weighted by atomic mass is 19.1. The molecule has 5 nitrogen and oxygen atoms in total. The first-order valence-corrected chi connectivity index (χ1v) is 5.14. The highest BCUT2D eigenvalue weighted by Gasteiger charge is 2.22. The maximum Gasteiger partial charge on any atom is 0.304 e. The summed E-state index contributed by atoms with van der Waals surface area (Å²) in [4.78, 5) is 9.64. The largest absolute Gasteiger partial charge is 0.388 e. The van der Waals surface area contributed by atoms with Gasteiger partial charge in [0.15, 0.2) is 0 Å². The van der Waals surface area contributed by atoms with Crippen LogP contribution < -0.4 is 5.32 Å². The van der Waals surface area contributed by atoms with E-state index >= 15 is 0 Å². The van der Waals surface area contributed by atoms with E-state index in [1.165, 1.54) is 6.07 Å². The van der Waals surface area contributed by atoms with Crippen LogP contribution in [0.2, 0.25) is 0 Å². The van der Waals surface area contributed by atoms with Crippen molar-refractivity contribution in [3.63, 3.8) is 0 Å². The normalized spacial score (nSPS) is 13.2. The van der Waals surface area contributed by atoms with Gasteiger partial charge in [0.05, 0.1) is 16.6 Å². The van der Waals surface area contributed by atoms with E-state index < -0.39 is 22.0 Å². The quantitative estimate of drug-likeness (QED) is 0.627. The Morgan fingerprint density at radius 2 is 2.12 bits per heavy atom. The lowest BCUT2D eigenvalue weighted by molar-refractivity contribution is -0.387. The minimum absolute atomic E-state index is 0.316. The number of anilines is 1. The molecule has 0 saturated heterocycles. The van der Waals surface area contributed by atoms with Crippen LogP contribution in [0.1, 0.15) is 20.8 Å². The Labute approximate surface area is 98.4 Å². The van der Waals surface area contributed by atoms with E-state index in [2.05, 4.69) is 5.32 Å². The molecule has 0 aliphatic carbocycles. The van der Waals surface area contributed by atoms with Gasteiger partial charge in [0.25, 0.3) is 0 Å². The summed E-state index contributed by atoms with van der Waals surface area (Å²) in [6.45, 7) is 4.97. The van der Waals surface area contributed by atoms with E-state index in [1.54, 1.807) is 20.8 Å². The number of rotatable bonds is 4. The first-order chi connectivity index (χ1) is 7.71. The smallest absolute Gasteiger partial charge is 0.304 e. The van der Waals surface area contributed by atoms with Crippen LogP contribution in [0.5, 0.6) is 0 Å². The fourth-order valence-corrected chi connectivity index (χ4v) is 1.17. The third-order valence-electron chi connectivity index (χ3n) is 2.59. The number of nitro benzene ring substituents is 1. The molecule has 0 aromatic heterocycles. The van der Waals surface area contributed by atoms with E-state index in [0.29, 0.717) is 5.69 Å². The topological polar surface area (TPSA) is 75.4 Å². The molecule has 0 spiro atoms. The zero-order valence-electron chi connectivity index (χ0n) is 9.90. The average Bonchev–Trinajstić information content (AvgIpc) is 2.15. The number of nitrogens with one attached hydrogen (secondary N) is 1. The van der Waals surface area contributed by atoms with Gasteiger partial charge in [-0.1, -0.05) is 0 Å². The molecule has 0 amide bonds. The highest BCUT2D eigenvalue weighted by molar-refractivity contribution is 5.50. The van der Waals surface area contributed by atoms with Crippen LogP contribution >= 0.6 is 0 Å². The molecule has 0 saturated carbocycles. The zero-order chi connectivity index (χ0) is 13.2. The maximum atomic E-state index is 13.3. The number of nitrogens with zero attached hydrogens (tertiary/aromatic N) is 1. The molecule has 1 aromatic carbocycles. The molecule has 1 rings (SSSR count). The van der Waals surface area contributed by atoms with Crippen molar-refractivity contribution in [3.05, 3.63) is 34.1 Å². The molecule has 0 aliphatic heterocycles. The fourth-order valence-electron chi connectivity index (χ4n) is 1.17. The van der Waals surface area contributed by atoms with Crippen LogP contribution in [-0.2, 0) is 0 Å². The molecule has 94 valence electrons. The lowest BCUT2D eigenvalue weighted by Crippen LogP contribution is -2.39. The summed E-state index contributed by atoms with van der Waals surface area (Å²) in [6, 6.07) is 3.22. The van der Waals surface area contributed by atoms with Gasteiger partial charge in [-0.05, 0) is 26.8 Å². The second kappa shape index (κ2) is 4.67. The molecule has 0 heterocycles. The molecule has 2 N–H and O–H groups in total. The van der Waals surface area contributed by atoms with Gasteiger partial charge >= 0.3 is 5.69 Å². The van der Waals surface area contributed by atoms with Crippen LogP contribution in [0.25, 0.3) is 0 Å². The molecule has 0 aliphatic rings. The van der Waals surface area contributed by atoms with Crippen molar-refractivity contribution >= 4 is 11.4 Å². The van der Waals surface area contributed by atoms with Gasteiger partial charge < -0.3 is 10.4 Å². The van der Waals surface area contributed by atoms with Crippen molar-refractivity contribution in [2.24, 2.45) is 0 Å². The molecular weight excluding hydrogens is 227 g/mol. The monoisotopic (exact) mass is 242 g/mol. The number of hydrogen-bond donors (Lipinski definition) is 2. The van der Waals surface area contributed by atoms with Gasteiger partial charge in [-0.15, -0.1) is 0 Å². The Kier molecular flexibility index (Phi) is 3.67. The summed E-state index contributed by atoms with van der Waals surface area (Å²) in [5.41, 5.74) is -1.15. The maximum absolute atomic E-state index is 13.3. The Balaban J connectivity index is 2.88. The lowest BCUT2D eigenvalue weighted by atomic mass is 10.0. The van der Waals surface area contributed by atoms with E-state index in [0.717, 1.165) is 12.1 Å². The number of benzene rings is 1. The predicted molar refractivity (Wildman–Crippen MR) is 62.4 cm³/mol. The SMILES string of the molecule is CC(Nc1ccc([N+](=O)[O-])c(F)c1)C(C)(C)O. The van der Waals surface area contributed by atoms with Crippen molar-refractivity contribution in [2.75, 3.05) is 5.32 Å². The molecule has 1 aromatic rings. The fraction of sp³-hybridized carbons (Fsp3) is 0.455. The zero-order valence-corrected chi connectivity index (χ0v) is 9.90. The van der Waals surface area contributed by atoms with Gasteiger partial charge in [-0.2, -0.15) is 4.39 Å². The molecular formula is C11H15FN2O3. The minimum Gasteiger partial charge on any atom is -0.388 e. The van der Waals surface area contributed by atoms with Crippen LogP contribution in [0, 0.1) is 15.9 Å². The standard InChI is InChI=1S/C11H15FN2O3/c1-7(11(2,3)15)13-8-4-5-10(14(16)17)9(12)6-8/h4-7,13,15H,1-3H3. The van der Waals surface area contributed by atoms with Gasteiger partial charge in [0.1, 0.15) is 0 Å². The van der Waals surface area contributed by atoms with E-state index in [9.17, 15) is 19.6 Å². The summed E-state index contributed by atoms with van der Waals surface area (Å²) in [6.07, 6.45) is 0. The van der Waals surface area contributed by atoms with E-state index in [4.69, 9.17) is 0 Å². The van der Waals surface area contributed by atoms with Crippen LogP contribution in [0.4, 0.5) is 15.8 Å². The Bertz CT molecular complexity index is 429. The van der Waals surface area contributed by atoms with Crippen LogP contribution in [-0.4, -0.2) is 21.7 Å². The van der Waals surface area contributed by atoms with Crippen LogP contribution in [0.3, 0.4) is 0 Å². The van der Waals surface area contributed by atoms with Crippen molar-refractivity contribution < 1.29 is 14.4 Å². The summed E-state index contributed by atoms with van der Waals surface area (Å²) >= 11 is 0. The minimum atomic E-state index is -0.974. The number of halogens is 1. The third-order valence-corrected chi connectivity index (χ3v) is 2.59. The van der Waals surface area contributed by atoms with Crippen molar-refractivity contribution in [2.45, 2.75) is 32.4 Å². The first-order valence-electron chi connectivity index (χ1n) is 5.14. The predicted octanol–water partition coefficient (Wildman–Crippen LogP) is 2.31. The summed E-state index contributed by atoms with van der Waals surface area (Å²) in [5.74, 6) is -0.900. The number of hydrogen-bond acceptors (Lipinski definition) is 4. The lowest BCUT2D eigenvalue weighted by Gasteiger charge is -2.27. The third kappa shape index (κ3) is 3.39. The van der Waals surface area contributed by atoms with E-state index in [1.807, 2.05) is 0 Å². The van der Waals surface area contributed by atoms with Crippen molar-refractivity contribution in [1.29, 1.82) is 0 Å². The summed E-state index contributed by atoms with van der Waals surface area (Å²) < 4.78 is 13.3. The molecule has 0 radical (unpaired) electrons. The summed E-state index contributed by atoms with van der Waals surface area (Å²) in [5, 5.41) is 23.0. The van der Waals surface area contributed by atoms with Gasteiger partial charge in [-0.25, -0.2) is 0 Å². The first kappa shape index (κ1) is 13.4. The Hall–Kier alpha value is -1.69. The molecule has 1 atom stereocenters. The highest BCUT2D eigenvalue weighted by Crippen LogP contribution is 2.22. The van der Waals surface area contributed by atoms with E-state index in [-0.39, 0.29) is 6.04 Å². The van der Waals surface area contributed by atoms with Crippen LogP contribution in [0.15, 0.2) is 18.2 Å². The summed E-state index contributed by atoms with van der Waals surface area (Å²) in [7, 11) is 0. The van der Waals surface area contributed by atoms with Crippen molar-refractivity contribution in [3.8, 4) is 0 Å².